The Labute approximate surface area is 138 Å². The molecule has 0 aliphatic carbocycles. The van der Waals surface area contributed by atoms with E-state index in [4.69, 9.17) is 4.74 Å². The van der Waals surface area contributed by atoms with Crippen molar-refractivity contribution in [2.45, 2.75) is 17.4 Å². The molecule has 0 spiro atoms. The van der Waals surface area contributed by atoms with E-state index in [-0.39, 0.29) is 4.90 Å². The molecule has 3 rings (SSSR count). The van der Waals surface area contributed by atoms with E-state index in [9.17, 15) is 18.3 Å². The van der Waals surface area contributed by atoms with Gasteiger partial charge in [0.05, 0.1) is 4.90 Å². The first-order chi connectivity index (χ1) is 11.3. The molecule has 0 saturated carbocycles. The first-order valence-corrected chi connectivity index (χ1v) is 8.48. The summed E-state index contributed by atoms with van der Waals surface area (Å²) in [5.41, 5.74) is -1.08. The van der Waals surface area contributed by atoms with Crippen molar-refractivity contribution in [2.75, 3.05) is 0 Å². The Morgan fingerprint density at radius 3 is 2.38 bits per heavy atom. The number of rotatable bonds is 4. The minimum atomic E-state index is -3.99. The van der Waals surface area contributed by atoms with Crippen LogP contribution in [0.3, 0.4) is 0 Å². The summed E-state index contributed by atoms with van der Waals surface area (Å²) >= 11 is 0. The average Bonchev–Trinajstić information content (AvgIpc) is 2.81. The fraction of sp³-hybridized carbons (Fsp3) is 0.125. The maximum absolute atomic E-state index is 12.4. The molecule has 0 saturated heterocycles. The fourth-order valence-electron chi connectivity index (χ4n) is 2.34. The van der Waals surface area contributed by atoms with E-state index in [0.29, 0.717) is 5.56 Å². The van der Waals surface area contributed by atoms with E-state index in [1.807, 2.05) is 0 Å². The van der Waals surface area contributed by atoms with Crippen LogP contribution in [0.25, 0.3) is 0 Å². The SMILES string of the molecule is CC1(c2ccncc2)OC(NS(=O)(=O)c2ccccc2)=C(O)C1=O. The number of hydrogen-bond donors (Lipinski definition) is 2. The maximum Gasteiger partial charge on any atom is 0.264 e. The first-order valence-electron chi connectivity index (χ1n) is 7.00. The molecule has 1 unspecified atom stereocenters. The molecule has 1 aliphatic rings. The molecule has 1 aliphatic heterocycles. The number of benzene rings is 1. The van der Waals surface area contributed by atoms with E-state index in [1.54, 1.807) is 30.3 Å². The van der Waals surface area contributed by atoms with Gasteiger partial charge >= 0.3 is 0 Å². The predicted molar refractivity (Wildman–Crippen MR) is 84.1 cm³/mol. The second-order valence-corrected chi connectivity index (χ2v) is 6.98. The quantitative estimate of drug-likeness (QED) is 0.871. The molecule has 0 bridgehead atoms. The molecule has 2 heterocycles. The van der Waals surface area contributed by atoms with Crippen LogP contribution in [0, 0.1) is 0 Å². The van der Waals surface area contributed by atoms with Crippen LogP contribution >= 0.6 is 0 Å². The Balaban J connectivity index is 1.92. The lowest BCUT2D eigenvalue weighted by Crippen LogP contribution is -2.32. The lowest BCUT2D eigenvalue weighted by atomic mass is 9.92. The molecule has 8 heteroatoms. The minimum absolute atomic E-state index is 0.0149. The number of sulfonamides is 1. The summed E-state index contributed by atoms with van der Waals surface area (Å²) in [6, 6.07) is 10.7. The summed E-state index contributed by atoms with van der Waals surface area (Å²) in [5, 5.41) is 10.0. The number of aliphatic hydroxyl groups excluding tert-OH is 1. The number of carbonyl (C=O) groups excluding carboxylic acids is 1. The molecule has 1 aromatic carbocycles. The lowest BCUT2D eigenvalue weighted by molar-refractivity contribution is -0.131. The zero-order valence-electron chi connectivity index (χ0n) is 12.6. The van der Waals surface area contributed by atoms with E-state index in [1.165, 1.54) is 31.5 Å². The van der Waals surface area contributed by atoms with Crippen LogP contribution in [-0.2, 0) is 25.2 Å². The fourth-order valence-corrected chi connectivity index (χ4v) is 3.35. The Bertz CT molecular complexity index is 910. The van der Waals surface area contributed by atoms with E-state index in [0.717, 1.165) is 0 Å². The van der Waals surface area contributed by atoms with Crippen molar-refractivity contribution < 1.29 is 23.1 Å². The summed E-state index contributed by atoms with van der Waals surface area (Å²) in [4.78, 5) is 16.2. The molecule has 2 N–H and O–H groups in total. The normalized spacial score (nSPS) is 20.8. The van der Waals surface area contributed by atoms with Crippen LogP contribution in [0.15, 0.2) is 71.4 Å². The Hall–Kier alpha value is -2.87. The molecule has 1 aromatic heterocycles. The standard InChI is InChI=1S/C16H14N2O5S/c1-16(11-7-9-17-10-8-11)14(20)13(19)15(23-16)18-24(21,22)12-5-3-2-4-6-12/h2-10,18-19H,1H3. The van der Waals surface area contributed by atoms with Crippen LogP contribution in [0.2, 0.25) is 0 Å². The monoisotopic (exact) mass is 346 g/mol. The predicted octanol–water partition coefficient (Wildman–Crippen LogP) is 1.60. The van der Waals surface area contributed by atoms with Gasteiger partial charge in [0.2, 0.25) is 11.6 Å². The maximum atomic E-state index is 12.4. The van der Waals surface area contributed by atoms with E-state index >= 15 is 0 Å². The number of ketones is 1. The number of nitrogens with zero attached hydrogens (tertiary/aromatic N) is 1. The topological polar surface area (TPSA) is 106 Å². The van der Waals surface area contributed by atoms with Gasteiger partial charge in [-0.05, 0) is 31.2 Å². The Kier molecular flexibility index (Phi) is 3.76. The second kappa shape index (κ2) is 5.64. The number of Topliss-reactive ketones (excluding diaryl/α,β-unsaturated/α-hetero) is 1. The molecular weight excluding hydrogens is 332 g/mol. The molecule has 0 amide bonds. The smallest absolute Gasteiger partial charge is 0.264 e. The highest BCUT2D eigenvalue weighted by Crippen LogP contribution is 2.37. The summed E-state index contributed by atoms with van der Waals surface area (Å²) in [6.45, 7) is 1.45. The van der Waals surface area contributed by atoms with Gasteiger partial charge < -0.3 is 9.84 Å². The molecule has 7 nitrogen and oxygen atoms in total. The van der Waals surface area contributed by atoms with Crippen LogP contribution < -0.4 is 4.72 Å². The van der Waals surface area contributed by atoms with Crippen LogP contribution in [0.4, 0.5) is 0 Å². The zero-order chi connectivity index (χ0) is 17.4. The number of aliphatic hydroxyl groups is 1. The van der Waals surface area contributed by atoms with Crippen molar-refractivity contribution in [3.05, 3.63) is 72.1 Å². The number of ether oxygens (including phenoxy) is 1. The van der Waals surface area contributed by atoms with Crippen molar-refractivity contribution in [1.29, 1.82) is 0 Å². The number of nitrogens with one attached hydrogen (secondary N) is 1. The van der Waals surface area contributed by atoms with Crippen molar-refractivity contribution in [3.8, 4) is 0 Å². The van der Waals surface area contributed by atoms with Gasteiger partial charge in [0.15, 0.2) is 5.60 Å². The van der Waals surface area contributed by atoms with E-state index < -0.39 is 33.0 Å². The van der Waals surface area contributed by atoms with Gasteiger partial charge in [-0.2, -0.15) is 0 Å². The van der Waals surface area contributed by atoms with Gasteiger partial charge in [-0.1, -0.05) is 18.2 Å². The highest BCUT2D eigenvalue weighted by Gasteiger charge is 2.48. The van der Waals surface area contributed by atoms with Crippen LogP contribution in [0.5, 0.6) is 0 Å². The first kappa shape index (κ1) is 16.0. The molecular formula is C16H14N2O5S. The number of aromatic nitrogens is 1. The Morgan fingerprint density at radius 2 is 1.75 bits per heavy atom. The molecule has 0 radical (unpaired) electrons. The molecule has 124 valence electrons. The Morgan fingerprint density at radius 1 is 1.12 bits per heavy atom. The lowest BCUT2D eigenvalue weighted by Gasteiger charge is -2.23. The van der Waals surface area contributed by atoms with Gasteiger partial charge in [-0.25, -0.2) is 13.1 Å². The third kappa shape index (κ3) is 2.61. The minimum Gasteiger partial charge on any atom is -0.501 e. The van der Waals surface area contributed by atoms with Gasteiger partial charge in [0, 0.05) is 18.0 Å². The summed E-state index contributed by atoms with van der Waals surface area (Å²) in [5.74, 6) is -2.00. The third-order valence-corrected chi connectivity index (χ3v) is 5.03. The van der Waals surface area contributed by atoms with E-state index in [2.05, 4.69) is 9.71 Å². The number of carbonyl (C=O) groups is 1. The molecule has 2 aromatic rings. The molecule has 1 atom stereocenters. The average molecular weight is 346 g/mol. The van der Waals surface area contributed by atoms with Crippen LogP contribution in [-0.4, -0.2) is 24.3 Å². The highest BCUT2D eigenvalue weighted by molar-refractivity contribution is 7.89. The van der Waals surface area contributed by atoms with Crippen molar-refractivity contribution in [1.82, 2.24) is 9.71 Å². The summed E-state index contributed by atoms with van der Waals surface area (Å²) in [7, 11) is -3.99. The van der Waals surface area contributed by atoms with Gasteiger partial charge in [0.25, 0.3) is 15.8 Å². The van der Waals surface area contributed by atoms with Crippen LogP contribution in [0.1, 0.15) is 12.5 Å². The second-order valence-electron chi connectivity index (χ2n) is 5.30. The van der Waals surface area contributed by atoms with Gasteiger partial charge in [-0.3, -0.25) is 9.78 Å². The number of pyridine rings is 1. The summed E-state index contributed by atoms with van der Waals surface area (Å²) in [6.07, 6.45) is 2.95. The van der Waals surface area contributed by atoms with Crippen molar-refractivity contribution in [3.63, 3.8) is 0 Å². The number of hydrogen-bond acceptors (Lipinski definition) is 6. The highest BCUT2D eigenvalue weighted by atomic mass is 32.2. The largest absolute Gasteiger partial charge is 0.501 e. The molecule has 0 fully saturated rings. The van der Waals surface area contributed by atoms with Crippen molar-refractivity contribution >= 4 is 15.8 Å². The third-order valence-electron chi connectivity index (χ3n) is 3.68. The van der Waals surface area contributed by atoms with Gasteiger partial charge in [0.1, 0.15) is 0 Å². The van der Waals surface area contributed by atoms with Gasteiger partial charge in [-0.15, -0.1) is 0 Å². The van der Waals surface area contributed by atoms with Crippen molar-refractivity contribution in [2.24, 2.45) is 0 Å². The summed E-state index contributed by atoms with van der Waals surface area (Å²) < 4.78 is 32.3. The zero-order valence-corrected chi connectivity index (χ0v) is 13.4. The molecule has 24 heavy (non-hydrogen) atoms.